The second-order valence-electron chi connectivity index (χ2n) is 4.16. The Hall–Kier alpha value is -0.500. The van der Waals surface area contributed by atoms with Gasteiger partial charge < -0.3 is 15.0 Å². The van der Waals surface area contributed by atoms with Crippen molar-refractivity contribution in [1.29, 1.82) is 0 Å². The molecule has 0 aromatic carbocycles. The molecular weight excluding hydrogens is 270 g/mol. The van der Waals surface area contributed by atoms with E-state index in [0.717, 1.165) is 42.0 Å². The van der Waals surface area contributed by atoms with Crippen LogP contribution in [0.3, 0.4) is 0 Å². The van der Waals surface area contributed by atoms with Crippen LogP contribution in [0.15, 0.2) is 0 Å². The van der Waals surface area contributed by atoms with Crippen molar-refractivity contribution in [3.05, 3.63) is 10.6 Å². The Balaban J connectivity index is 2.12. The Morgan fingerprint density at radius 2 is 2.22 bits per heavy atom. The van der Waals surface area contributed by atoms with Gasteiger partial charge in [-0.2, -0.15) is 0 Å². The van der Waals surface area contributed by atoms with Crippen LogP contribution in [0, 0.1) is 0 Å². The summed E-state index contributed by atoms with van der Waals surface area (Å²) in [6, 6.07) is 0. The van der Waals surface area contributed by atoms with E-state index in [9.17, 15) is 4.21 Å². The van der Waals surface area contributed by atoms with E-state index in [1.54, 1.807) is 18.4 Å². The zero-order valence-corrected chi connectivity index (χ0v) is 12.4. The topological polar surface area (TPSA) is 54.5 Å². The maximum absolute atomic E-state index is 11.4. The quantitative estimate of drug-likeness (QED) is 0.859. The third-order valence-corrected chi connectivity index (χ3v) is 5.27. The Morgan fingerprint density at radius 3 is 2.83 bits per heavy atom. The van der Waals surface area contributed by atoms with Crippen LogP contribution in [-0.4, -0.2) is 47.9 Å². The summed E-state index contributed by atoms with van der Waals surface area (Å²) in [6.45, 7) is 3.04. The van der Waals surface area contributed by atoms with E-state index < -0.39 is 10.8 Å². The van der Waals surface area contributed by atoms with Gasteiger partial charge in [-0.25, -0.2) is 4.98 Å². The highest BCUT2D eigenvalue weighted by molar-refractivity contribution is 7.85. The van der Waals surface area contributed by atoms with Gasteiger partial charge in [0.2, 0.25) is 0 Å². The van der Waals surface area contributed by atoms with E-state index in [2.05, 4.69) is 15.2 Å². The number of hydrogen-bond acceptors (Lipinski definition) is 6. The van der Waals surface area contributed by atoms with Crippen molar-refractivity contribution < 1.29 is 8.95 Å². The van der Waals surface area contributed by atoms with Crippen LogP contribution in [-0.2, 0) is 28.7 Å². The van der Waals surface area contributed by atoms with Crippen LogP contribution in [0.25, 0.3) is 0 Å². The van der Waals surface area contributed by atoms with Gasteiger partial charge in [0.05, 0.1) is 12.3 Å². The molecule has 102 valence electrons. The van der Waals surface area contributed by atoms with Crippen LogP contribution in [0.4, 0.5) is 5.13 Å². The summed E-state index contributed by atoms with van der Waals surface area (Å²) in [7, 11) is 2.98. The maximum Gasteiger partial charge on any atom is 0.185 e. The van der Waals surface area contributed by atoms with Gasteiger partial charge in [-0.15, -0.1) is 11.3 Å². The number of nitrogens with one attached hydrogen (secondary N) is 1. The molecule has 1 aliphatic heterocycles. The standard InChI is InChI=1S/C11H19N3O2S2/c1-12-7-10-9(8-16-2)13-11(17-10)14-3-5-18(15)6-4-14/h12H,3-8H2,1-2H3. The van der Waals surface area contributed by atoms with Crippen molar-refractivity contribution in [2.24, 2.45) is 0 Å². The number of aromatic nitrogens is 1. The van der Waals surface area contributed by atoms with E-state index >= 15 is 0 Å². The summed E-state index contributed by atoms with van der Waals surface area (Å²) in [5.74, 6) is 1.50. The maximum atomic E-state index is 11.4. The minimum atomic E-state index is -0.642. The average molecular weight is 289 g/mol. The van der Waals surface area contributed by atoms with E-state index in [1.165, 1.54) is 4.88 Å². The zero-order chi connectivity index (χ0) is 13.0. The van der Waals surface area contributed by atoms with Crippen LogP contribution < -0.4 is 10.2 Å². The first kappa shape index (κ1) is 13.9. The summed E-state index contributed by atoms with van der Waals surface area (Å²) in [6.07, 6.45) is 0. The van der Waals surface area contributed by atoms with E-state index in [4.69, 9.17) is 4.74 Å². The number of thiazole rings is 1. The van der Waals surface area contributed by atoms with Crippen molar-refractivity contribution in [2.75, 3.05) is 43.7 Å². The third kappa shape index (κ3) is 3.28. The minimum Gasteiger partial charge on any atom is -0.378 e. The van der Waals surface area contributed by atoms with Crippen LogP contribution >= 0.6 is 11.3 Å². The molecule has 0 aliphatic carbocycles. The number of rotatable bonds is 5. The van der Waals surface area contributed by atoms with Gasteiger partial charge in [0.1, 0.15) is 0 Å². The molecule has 0 radical (unpaired) electrons. The molecule has 0 unspecified atom stereocenters. The van der Waals surface area contributed by atoms with Gasteiger partial charge in [0.15, 0.2) is 5.13 Å². The molecule has 1 aliphatic rings. The molecule has 2 heterocycles. The largest absolute Gasteiger partial charge is 0.378 e. The summed E-state index contributed by atoms with van der Waals surface area (Å²) < 4.78 is 16.5. The Kier molecular flexibility index (Phi) is 5.11. The van der Waals surface area contributed by atoms with Crippen LogP contribution in [0.1, 0.15) is 10.6 Å². The molecule has 0 spiro atoms. The number of nitrogens with zero attached hydrogens (tertiary/aromatic N) is 2. The fourth-order valence-electron chi connectivity index (χ4n) is 1.88. The van der Waals surface area contributed by atoms with Gasteiger partial charge in [0.25, 0.3) is 0 Å². The molecule has 0 saturated carbocycles. The van der Waals surface area contributed by atoms with Crippen molar-refractivity contribution in [2.45, 2.75) is 13.2 Å². The highest BCUT2D eigenvalue weighted by atomic mass is 32.2. The summed E-state index contributed by atoms with van der Waals surface area (Å²) in [5, 5.41) is 4.19. The van der Waals surface area contributed by atoms with Crippen molar-refractivity contribution in [3.8, 4) is 0 Å². The predicted octanol–water partition coefficient (Wildman–Crippen LogP) is 0.578. The number of hydrogen-bond donors (Lipinski definition) is 1. The van der Waals surface area contributed by atoms with Crippen molar-refractivity contribution >= 4 is 27.3 Å². The van der Waals surface area contributed by atoms with Crippen molar-refractivity contribution in [3.63, 3.8) is 0 Å². The molecule has 2 rings (SSSR count). The van der Waals surface area contributed by atoms with Crippen LogP contribution in [0.2, 0.25) is 0 Å². The molecule has 1 aromatic rings. The predicted molar refractivity (Wildman–Crippen MR) is 75.7 cm³/mol. The third-order valence-electron chi connectivity index (χ3n) is 2.83. The number of ether oxygens (including phenoxy) is 1. The number of methoxy groups -OCH3 is 1. The molecular formula is C11H19N3O2S2. The molecule has 0 amide bonds. The first-order valence-electron chi connectivity index (χ1n) is 5.96. The van der Waals surface area contributed by atoms with Crippen molar-refractivity contribution in [1.82, 2.24) is 10.3 Å². The second-order valence-corrected chi connectivity index (χ2v) is 6.92. The normalized spacial score (nSPS) is 17.3. The van der Waals surface area contributed by atoms with E-state index in [1.807, 2.05) is 7.05 Å². The molecule has 1 aromatic heterocycles. The Bertz CT molecular complexity index is 389. The van der Waals surface area contributed by atoms with Gasteiger partial charge in [-0.1, -0.05) is 0 Å². The second kappa shape index (κ2) is 6.60. The minimum absolute atomic E-state index is 0.549. The zero-order valence-electron chi connectivity index (χ0n) is 10.8. The first-order valence-corrected chi connectivity index (χ1v) is 8.27. The molecule has 0 atom stereocenters. The highest BCUT2D eigenvalue weighted by Crippen LogP contribution is 2.27. The monoisotopic (exact) mass is 289 g/mol. The lowest BCUT2D eigenvalue weighted by Gasteiger charge is -2.25. The fraction of sp³-hybridized carbons (Fsp3) is 0.727. The summed E-state index contributed by atoms with van der Waals surface area (Å²) in [4.78, 5) is 8.10. The van der Waals surface area contributed by atoms with E-state index in [-0.39, 0.29) is 0 Å². The average Bonchev–Trinajstić information content (AvgIpc) is 2.75. The Morgan fingerprint density at radius 1 is 1.50 bits per heavy atom. The SMILES string of the molecule is CNCc1sc(N2CCS(=O)CC2)nc1COC. The summed E-state index contributed by atoms with van der Waals surface area (Å²) in [5.41, 5.74) is 1.01. The van der Waals surface area contributed by atoms with Gasteiger partial charge in [-0.3, -0.25) is 4.21 Å². The molecule has 7 heteroatoms. The van der Waals surface area contributed by atoms with Gasteiger partial charge >= 0.3 is 0 Å². The smallest absolute Gasteiger partial charge is 0.185 e. The lowest BCUT2D eigenvalue weighted by atomic mass is 10.4. The molecule has 18 heavy (non-hydrogen) atoms. The number of anilines is 1. The molecule has 0 bridgehead atoms. The van der Waals surface area contributed by atoms with Gasteiger partial charge in [-0.05, 0) is 7.05 Å². The molecule has 1 fully saturated rings. The molecule has 1 saturated heterocycles. The van der Waals surface area contributed by atoms with E-state index in [0.29, 0.717) is 6.61 Å². The fourth-order valence-corrected chi connectivity index (χ4v) is 4.06. The van der Waals surface area contributed by atoms with Crippen LogP contribution in [0.5, 0.6) is 0 Å². The molecule has 5 nitrogen and oxygen atoms in total. The lowest BCUT2D eigenvalue weighted by Crippen LogP contribution is -2.37. The first-order chi connectivity index (χ1) is 8.74. The highest BCUT2D eigenvalue weighted by Gasteiger charge is 2.20. The summed E-state index contributed by atoms with van der Waals surface area (Å²) >= 11 is 1.71. The molecule has 1 N–H and O–H groups in total. The lowest BCUT2D eigenvalue weighted by molar-refractivity contribution is 0.181. The van der Waals surface area contributed by atoms with Gasteiger partial charge in [0, 0.05) is 53.9 Å². The Labute approximate surface area is 114 Å².